The number of fused-ring (bicyclic) bond motifs is 2. The van der Waals surface area contributed by atoms with Gasteiger partial charge >= 0.3 is 5.63 Å². The van der Waals surface area contributed by atoms with Gasteiger partial charge in [-0.1, -0.05) is 49.4 Å². The zero-order valence-electron chi connectivity index (χ0n) is 16.0. The summed E-state index contributed by atoms with van der Waals surface area (Å²) in [6.45, 7) is 4.50. The standard InChI is InChI=1S/C23H24N2O3/c1-2-19(25-12-11-16-7-3-4-9-18(16)15-25)14-24-22(26)20-13-17-8-5-6-10-21(17)28-23(20)27/h3-10,13,19H,2,11-12,14-15H2,1H3,(H,24,26)/t19-/m1/s1. The van der Waals surface area contributed by atoms with Crippen molar-refractivity contribution in [2.75, 3.05) is 13.1 Å². The number of benzene rings is 2. The Morgan fingerprint density at radius 2 is 1.89 bits per heavy atom. The van der Waals surface area contributed by atoms with Crippen LogP contribution in [0.25, 0.3) is 11.0 Å². The smallest absolute Gasteiger partial charge is 0.349 e. The number of hydrogen-bond acceptors (Lipinski definition) is 4. The molecule has 1 aromatic heterocycles. The molecule has 0 radical (unpaired) electrons. The summed E-state index contributed by atoms with van der Waals surface area (Å²) in [7, 11) is 0. The lowest BCUT2D eigenvalue weighted by atomic mass is 9.98. The highest BCUT2D eigenvalue weighted by Gasteiger charge is 2.23. The van der Waals surface area contributed by atoms with Crippen molar-refractivity contribution in [3.8, 4) is 0 Å². The summed E-state index contributed by atoms with van der Waals surface area (Å²) >= 11 is 0. The predicted octanol–water partition coefficient (Wildman–Crippen LogP) is 3.36. The van der Waals surface area contributed by atoms with Crippen molar-refractivity contribution < 1.29 is 9.21 Å². The molecule has 1 atom stereocenters. The van der Waals surface area contributed by atoms with E-state index in [4.69, 9.17) is 4.42 Å². The molecule has 0 spiro atoms. The van der Waals surface area contributed by atoms with E-state index in [2.05, 4.69) is 41.4 Å². The van der Waals surface area contributed by atoms with Crippen LogP contribution in [0.5, 0.6) is 0 Å². The number of hydrogen-bond donors (Lipinski definition) is 1. The summed E-state index contributed by atoms with van der Waals surface area (Å²) < 4.78 is 5.28. The Kier molecular flexibility index (Phi) is 5.26. The molecular formula is C23H24N2O3. The Labute approximate surface area is 164 Å². The van der Waals surface area contributed by atoms with Crippen LogP contribution in [0.3, 0.4) is 0 Å². The Bertz CT molecular complexity index is 1060. The van der Waals surface area contributed by atoms with Gasteiger partial charge in [-0.15, -0.1) is 0 Å². The molecular weight excluding hydrogens is 352 g/mol. The van der Waals surface area contributed by atoms with Crippen LogP contribution in [0.4, 0.5) is 0 Å². The maximum atomic E-state index is 12.6. The molecule has 1 N–H and O–H groups in total. The molecule has 0 aliphatic carbocycles. The van der Waals surface area contributed by atoms with Crippen molar-refractivity contribution in [1.82, 2.24) is 10.2 Å². The predicted molar refractivity (Wildman–Crippen MR) is 109 cm³/mol. The normalized spacial score (nSPS) is 15.2. The maximum Gasteiger partial charge on any atom is 0.349 e. The fourth-order valence-electron chi connectivity index (χ4n) is 3.89. The van der Waals surface area contributed by atoms with Crippen LogP contribution in [-0.4, -0.2) is 29.9 Å². The van der Waals surface area contributed by atoms with Gasteiger partial charge in [0, 0.05) is 31.1 Å². The first kappa shape index (κ1) is 18.4. The van der Waals surface area contributed by atoms with Gasteiger partial charge in [-0.25, -0.2) is 4.79 Å². The first-order chi connectivity index (χ1) is 13.7. The minimum absolute atomic E-state index is 0.0533. The average molecular weight is 376 g/mol. The van der Waals surface area contributed by atoms with Crippen LogP contribution < -0.4 is 10.9 Å². The van der Waals surface area contributed by atoms with Gasteiger partial charge in [0.1, 0.15) is 11.1 Å². The van der Waals surface area contributed by atoms with Crippen molar-refractivity contribution in [3.05, 3.63) is 81.7 Å². The van der Waals surface area contributed by atoms with E-state index < -0.39 is 5.63 Å². The molecule has 4 rings (SSSR count). The second-order valence-corrected chi connectivity index (χ2v) is 7.25. The molecule has 5 nitrogen and oxygen atoms in total. The van der Waals surface area contributed by atoms with Crippen LogP contribution in [-0.2, 0) is 13.0 Å². The molecule has 0 saturated carbocycles. The Balaban J connectivity index is 1.45. The summed E-state index contributed by atoms with van der Waals surface area (Å²) in [4.78, 5) is 27.2. The van der Waals surface area contributed by atoms with E-state index in [-0.39, 0.29) is 17.5 Å². The van der Waals surface area contributed by atoms with Crippen LogP contribution >= 0.6 is 0 Å². The lowest BCUT2D eigenvalue weighted by Gasteiger charge is -2.35. The minimum atomic E-state index is -0.601. The number of carbonyl (C=O) groups is 1. The van der Waals surface area contributed by atoms with Crippen molar-refractivity contribution in [2.45, 2.75) is 32.4 Å². The molecule has 1 aliphatic rings. The third-order valence-corrected chi connectivity index (χ3v) is 5.53. The molecule has 0 bridgehead atoms. The second-order valence-electron chi connectivity index (χ2n) is 7.25. The van der Waals surface area contributed by atoms with Gasteiger partial charge in [0.2, 0.25) is 0 Å². The largest absolute Gasteiger partial charge is 0.422 e. The van der Waals surface area contributed by atoms with Gasteiger partial charge < -0.3 is 9.73 Å². The monoisotopic (exact) mass is 376 g/mol. The molecule has 0 fully saturated rings. The minimum Gasteiger partial charge on any atom is -0.422 e. The number of carbonyl (C=O) groups excluding carboxylic acids is 1. The van der Waals surface area contributed by atoms with E-state index in [1.54, 1.807) is 18.2 Å². The molecule has 2 heterocycles. The van der Waals surface area contributed by atoms with Gasteiger partial charge in [-0.3, -0.25) is 9.69 Å². The van der Waals surface area contributed by atoms with Crippen LogP contribution in [0.2, 0.25) is 0 Å². The highest BCUT2D eigenvalue weighted by atomic mass is 16.4. The van der Waals surface area contributed by atoms with E-state index in [0.717, 1.165) is 31.3 Å². The van der Waals surface area contributed by atoms with Crippen molar-refractivity contribution in [2.24, 2.45) is 0 Å². The molecule has 2 aromatic carbocycles. The van der Waals surface area contributed by atoms with Gasteiger partial charge in [0.25, 0.3) is 5.91 Å². The molecule has 1 amide bonds. The van der Waals surface area contributed by atoms with Gasteiger partial charge in [0.15, 0.2) is 0 Å². The molecule has 5 heteroatoms. The maximum absolute atomic E-state index is 12.6. The van der Waals surface area contributed by atoms with Crippen molar-refractivity contribution in [1.29, 1.82) is 0 Å². The average Bonchev–Trinajstić information content (AvgIpc) is 2.73. The Hall–Kier alpha value is -2.92. The van der Waals surface area contributed by atoms with E-state index in [1.807, 2.05) is 12.1 Å². The van der Waals surface area contributed by atoms with Crippen molar-refractivity contribution >= 4 is 16.9 Å². The second kappa shape index (κ2) is 7.98. The van der Waals surface area contributed by atoms with Gasteiger partial charge in [0.05, 0.1) is 0 Å². The van der Waals surface area contributed by atoms with Crippen LogP contribution in [0.15, 0.2) is 63.8 Å². The van der Waals surface area contributed by atoms with Crippen molar-refractivity contribution in [3.63, 3.8) is 0 Å². The van der Waals surface area contributed by atoms with Gasteiger partial charge in [-0.05, 0) is 36.1 Å². The lowest BCUT2D eigenvalue weighted by molar-refractivity contribution is 0.0922. The zero-order chi connectivity index (χ0) is 19.5. The summed E-state index contributed by atoms with van der Waals surface area (Å²) in [5.74, 6) is -0.379. The third kappa shape index (κ3) is 3.71. The number of nitrogens with zero attached hydrogens (tertiary/aromatic N) is 1. The molecule has 3 aromatic rings. The Morgan fingerprint density at radius 1 is 1.14 bits per heavy atom. The molecule has 0 unspecified atom stereocenters. The summed E-state index contributed by atoms with van der Waals surface area (Å²) in [5, 5.41) is 3.68. The quantitative estimate of drug-likeness (QED) is 0.694. The summed E-state index contributed by atoms with van der Waals surface area (Å²) in [6, 6.07) is 17.6. The Morgan fingerprint density at radius 3 is 2.71 bits per heavy atom. The van der Waals surface area contributed by atoms with Gasteiger partial charge in [-0.2, -0.15) is 0 Å². The topological polar surface area (TPSA) is 62.6 Å². The van der Waals surface area contributed by atoms with Crippen LogP contribution in [0.1, 0.15) is 34.8 Å². The fourth-order valence-corrected chi connectivity index (χ4v) is 3.89. The highest BCUT2D eigenvalue weighted by molar-refractivity contribution is 5.96. The number of rotatable bonds is 5. The molecule has 144 valence electrons. The van der Waals surface area contributed by atoms with E-state index in [1.165, 1.54) is 11.1 Å². The number of para-hydroxylation sites is 1. The summed E-state index contributed by atoms with van der Waals surface area (Å²) in [6.07, 6.45) is 1.95. The summed E-state index contributed by atoms with van der Waals surface area (Å²) in [5.41, 5.74) is 2.70. The highest BCUT2D eigenvalue weighted by Crippen LogP contribution is 2.21. The lowest BCUT2D eigenvalue weighted by Crippen LogP contribution is -2.46. The SMILES string of the molecule is CC[C@H](CNC(=O)c1cc2ccccc2oc1=O)N1CCc2ccccc2C1. The van der Waals surface area contributed by atoms with Crippen LogP contribution in [0, 0.1) is 0 Å². The first-order valence-electron chi connectivity index (χ1n) is 9.77. The van der Waals surface area contributed by atoms with E-state index >= 15 is 0 Å². The van der Waals surface area contributed by atoms with E-state index in [9.17, 15) is 9.59 Å². The molecule has 0 saturated heterocycles. The van der Waals surface area contributed by atoms with E-state index in [0.29, 0.717) is 12.1 Å². The fraction of sp³-hybridized carbons (Fsp3) is 0.304. The molecule has 28 heavy (non-hydrogen) atoms. The number of amides is 1. The zero-order valence-corrected chi connectivity index (χ0v) is 16.0. The third-order valence-electron chi connectivity index (χ3n) is 5.53. The first-order valence-corrected chi connectivity index (χ1v) is 9.77. The number of nitrogens with one attached hydrogen (secondary N) is 1. The molecule has 1 aliphatic heterocycles.